The van der Waals surface area contributed by atoms with Crippen molar-refractivity contribution in [2.75, 3.05) is 39.4 Å². The molecule has 0 spiro atoms. The Morgan fingerprint density at radius 2 is 2.08 bits per heavy atom. The molecule has 2 aliphatic rings. The molecule has 0 radical (unpaired) electrons. The number of benzene rings is 1. The molecule has 6 nitrogen and oxygen atoms in total. The highest BCUT2D eigenvalue weighted by Crippen LogP contribution is 2.14. The third kappa shape index (κ3) is 4.47. The highest BCUT2D eigenvalue weighted by Gasteiger charge is 2.28. The number of hydrogen-bond acceptors (Lipinski definition) is 4. The quantitative estimate of drug-likeness (QED) is 0.875. The lowest BCUT2D eigenvalue weighted by atomic mass is 10.1. The fraction of sp³-hybridized carbons (Fsp3) is 0.529. The predicted octanol–water partition coefficient (Wildman–Crippen LogP) is 0.889. The summed E-state index contributed by atoms with van der Waals surface area (Å²) in [5, 5.41) is 3.95. The van der Waals surface area contributed by atoms with Crippen molar-refractivity contribution in [3.8, 4) is 0 Å². The van der Waals surface area contributed by atoms with Crippen LogP contribution in [0.5, 0.6) is 0 Å². The molecule has 2 fully saturated rings. The molecule has 1 unspecified atom stereocenters. The van der Waals surface area contributed by atoms with Crippen LogP contribution >= 0.6 is 11.6 Å². The zero-order valence-electron chi connectivity index (χ0n) is 13.5. The van der Waals surface area contributed by atoms with Crippen molar-refractivity contribution < 1.29 is 14.3 Å². The molecule has 2 aliphatic heterocycles. The second-order valence-electron chi connectivity index (χ2n) is 6.19. The molecule has 130 valence electrons. The van der Waals surface area contributed by atoms with Crippen LogP contribution in [0.1, 0.15) is 12.0 Å². The van der Waals surface area contributed by atoms with Gasteiger partial charge in [0.15, 0.2) is 0 Å². The van der Waals surface area contributed by atoms with Crippen LogP contribution in [0, 0.1) is 0 Å². The van der Waals surface area contributed by atoms with Gasteiger partial charge in [0.25, 0.3) is 0 Å². The van der Waals surface area contributed by atoms with Crippen molar-refractivity contribution in [2.45, 2.75) is 19.0 Å². The molecule has 0 bridgehead atoms. The molecule has 2 saturated heterocycles. The molecule has 0 saturated carbocycles. The van der Waals surface area contributed by atoms with Gasteiger partial charge in [-0.3, -0.25) is 9.59 Å². The van der Waals surface area contributed by atoms with Crippen LogP contribution in [0.3, 0.4) is 0 Å². The summed E-state index contributed by atoms with van der Waals surface area (Å²) in [5.41, 5.74) is 1.04. The lowest BCUT2D eigenvalue weighted by molar-refractivity contribution is -0.146. The van der Waals surface area contributed by atoms with E-state index in [9.17, 15) is 9.59 Å². The van der Waals surface area contributed by atoms with Gasteiger partial charge in [-0.05, 0) is 17.7 Å². The number of ether oxygens (including phenoxy) is 1. The lowest BCUT2D eigenvalue weighted by Crippen LogP contribution is -2.53. The summed E-state index contributed by atoms with van der Waals surface area (Å²) in [4.78, 5) is 28.1. The van der Waals surface area contributed by atoms with Crippen LogP contribution in [-0.2, 0) is 20.9 Å². The molecular weight excluding hydrogens is 330 g/mol. The number of hydrogen-bond donors (Lipinski definition) is 1. The highest BCUT2D eigenvalue weighted by atomic mass is 35.5. The third-order valence-electron chi connectivity index (χ3n) is 4.38. The summed E-state index contributed by atoms with van der Waals surface area (Å²) in [6.07, 6.45) is 0.379. The van der Waals surface area contributed by atoms with Crippen molar-refractivity contribution in [2.24, 2.45) is 0 Å². The lowest BCUT2D eigenvalue weighted by Gasteiger charge is -2.35. The van der Waals surface area contributed by atoms with E-state index in [4.69, 9.17) is 16.3 Å². The van der Waals surface area contributed by atoms with E-state index in [2.05, 4.69) is 5.32 Å². The second-order valence-corrected chi connectivity index (χ2v) is 6.62. The number of carbonyl (C=O) groups excluding carboxylic acids is 2. The number of amides is 2. The van der Waals surface area contributed by atoms with Gasteiger partial charge in [0.2, 0.25) is 11.8 Å². The Morgan fingerprint density at radius 1 is 1.29 bits per heavy atom. The van der Waals surface area contributed by atoms with E-state index in [-0.39, 0.29) is 24.4 Å². The van der Waals surface area contributed by atoms with E-state index in [1.165, 1.54) is 0 Å². The van der Waals surface area contributed by atoms with Crippen LogP contribution in [0.25, 0.3) is 0 Å². The molecule has 0 aliphatic carbocycles. The number of piperazine rings is 1. The van der Waals surface area contributed by atoms with E-state index in [1.54, 1.807) is 9.80 Å². The normalized spacial score (nSPS) is 21.9. The molecule has 1 N–H and O–H groups in total. The standard InChI is InChI=1S/C17H22ClN3O3/c18-14-3-1-13(2-4-14)10-20-6-7-21(11-17(20)23)16(22)9-15-12-24-8-5-19-15/h1-4,15,19H,5-12H2. The number of rotatable bonds is 4. The summed E-state index contributed by atoms with van der Waals surface area (Å²) < 4.78 is 5.37. The van der Waals surface area contributed by atoms with E-state index < -0.39 is 0 Å². The Bertz CT molecular complexity index is 587. The summed E-state index contributed by atoms with van der Waals surface area (Å²) in [5.74, 6) is -0.00473. The molecule has 1 atom stereocenters. The molecule has 1 aromatic carbocycles. The van der Waals surface area contributed by atoms with Crippen molar-refractivity contribution in [3.05, 3.63) is 34.9 Å². The summed E-state index contributed by atoms with van der Waals surface area (Å²) in [7, 11) is 0. The average Bonchev–Trinajstić information content (AvgIpc) is 2.59. The van der Waals surface area contributed by atoms with Gasteiger partial charge in [0.1, 0.15) is 0 Å². The second kappa shape index (κ2) is 7.96. The number of nitrogens with one attached hydrogen (secondary N) is 1. The minimum Gasteiger partial charge on any atom is -0.378 e. The number of nitrogens with zero attached hydrogens (tertiary/aromatic N) is 2. The van der Waals surface area contributed by atoms with Gasteiger partial charge in [-0.15, -0.1) is 0 Å². The molecule has 3 rings (SSSR count). The van der Waals surface area contributed by atoms with Gasteiger partial charge in [-0.2, -0.15) is 0 Å². The summed E-state index contributed by atoms with van der Waals surface area (Å²) in [6.45, 7) is 3.85. The fourth-order valence-electron chi connectivity index (χ4n) is 2.99. The first-order valence-corrected chi connectivity index (χ1v) is 8.61. The Kier molecular flexibility index (Phi) is 5.71. The Balaban J connectivity index is 1.50. The first kappa shape index (κ1) is 17.2. The maximum absolute atomic E-state index is 12.4. The maximum Gasteiger partial charge on any atom is 0.242 e. The van der Waals surface area contributed by atoms with Crippen molar-refractivity contribution in [3.63, 3.8) is 0 Å². The predicted molar refractivity (Wildman–Crippen MR) is 90.7 cm³/mol. The molecular formula is C17H22ClN3O3. The van der Waals surface area contributed by atoms with E-state index in [0.29, 0.717) is 44.3 Å². The minimum absolute atomic E-state index is 0.0116. The SMILES string of the molecule is O=C(CC1COCCN1)N1CCN(Cc2ccc(Cl)cc2)C(=O)C1. The molecule has 0 aromatic heterocycles. The molecule has 24 heavy (non-hydrogen) atoms. The van der Waals surface area contributed by atoms with Gasteiger partial charge in [-0.1, -0.05) is 23.7 Å². The van der Waals surface area contributed by atoms with Crippen molar-refractivity contribution in [1.29, 1.82) is 0 Å². The zero-order chi connectivity index (χ0) is 16.9. The maximum atomic E-state index is 12.4. The fourth-order valence-corrected chi connectivity index (χ4v) is 3.12. The van der Waals surface area contributed by atoms with E-state index >= 15 is 0 Å². The smallest absolute Gasteiger partial charge is 0.242 e. The zero-order valence-corrected chi connectivity index (χ0v) is 14.3. The average molecular weight is 352 g/mol. The van der Waals surface area contributed by atoms with Gasteiger partial charge in [-0.25, -0.2) is 0 Å². The van der Waals surface area contributed by atoms with Crippen molar-refractivity contribution in [1.82, 2.24) is 15.1 Å². The first-order chi connectivity index (χ1) is 11.6. The summed E-state index contributed by atoms with van der Waals surface area (Å²) >= 11 is 5.88. The number of halogens is 1. The largest absolute Gasteiger partial charge is 0.378 e. The topological polar surface area (TPSA) is 61.9 Å². The molecule has 2 heterocycles. The van der Waals surface area contributed by atoms with Gasteiger partial charge in [0, 0.05) is 43.7 Å². The number of morpholine rings is 1. The van der Waals surface area contributed by atoms with Crippen LogP contribution in [-0.4, -0.2) is 67.0 Å². The first-order valence-electron chi connectivity index (χ1n) is 8.23. The third-order valence-corrected chi connectivity index (χ3v) is 4.63. The number of carbonyl (C=O) groups is 2. The van der Waals surface area contributed by atoms with Gasteiger partial charge < -0.3 is 19.9 Å². The van der Waals surface area contributed by atoms with Crippen LogP contribution in [0.2, 0.25) is 5.02 Å². The highest BCUT2D eigenvalue weighted by molar-refractivity contribution is 6.30. The van der Waals surface area contributed by atoms with E-state index in [1.807, 2.05) is 24.3 Å². The van der Waals surface area contributed by atoms with Gasteiger partial charge in [0.05, 0.1) is 19.8 Å². The molecule has 1 aromatic rings. The Labute approximate surface area is 146 Å². The Morgan fingerprint density at radius 3 is 2.75 bits per heavy atom. The van der Waals surface area contributed by atoms with Crippen molar-refractivity contribution >= 4 is 23.4 Å². The molecule has 7 heteroatoms. The minimum atomic E-state index is -0.0163. The van der Waals surface area contributed by atoms with Crippen LogP contribution < -0.4 is 5.32 Å². The van der Waals surface area contributed by atoms with E-state index in [0.717, 1.165) is 12.1 Å². The molecule has 2 amide bonds. The van der Waals surface area contributed by atoms with Gasteiger partial charge >= 0.3 is 0 Å². The summed E-state index contributed by atoms with van der Waals surface area (Å²) in [6, 6.07) is 7.53. The monoisotopic (exact) mass is 351 g/mol. The van der Waals surface area contributed by atoms with Crippen LogP contribution in [0.15, 0.2) is 24.3 Å². The Hall–Kier alpha value is -1.63. The van der Waals surface area contributed by atoms with Crippen LogP contribution in [0.4, 0.5) is 0 Å².